The summed E-state index contributed by atoms with van der Waals surface area (Å²) in [4.78, 5) is 0. The number of nitrogens with two attached hydrogens (primary N) is 1. The van der Waals surface area contributed by atoms with E-state index in [0.29, 0.717) is 18.0 Å². The minimum Gasteiger partial charge on any atom is -0.491 e. The van der Waals surface area contributed by atoms with Crippen molar-refractivity contribution in [2.24, 2.45) is 0 Å². The van der Waals surface area contributed by atoms with Crippen LogP contribution in [0.3, 0.4) is 0 Å². The predicted molar refractivity (Wildman–Crippen MR) is 70.0 cm³/mol. The molecule has 0 heterocycles. The minimum absolute atomic E-state index is 0.320. The first-order valence-corrected chi connectivity index (χ1v) is 6.62. The van der Waals surface area contributed by atoms with Crippen LogP contribution < -0.4 is 10.5 Å². The van der Waals surface area contributed by atoms with Crippen LogP contribution in [0.5, 0.6) is 5.75 Å². The average Bonchev–Trinajstić information content (AvgIpc) is 2.27. The molecule has 0 aliphatic carbocycles. The number of benzene rings is 1. The highest BCUT2D eigenvalue weighted by Crippen LogP contribution is 2.15. The summed E-state index contributed by atoms with van der Waals surface area (Å²) in [6, 6.07) is 7.23. The van der Waals surface area contributed by atoms with Crippen molar-refractivity contribution in [3.8, 4) is 5.75 Å². The Morgan fingerprint density at radius 3 is 3.00 bits per heavy atom. The summed E-state index contributed by atoms with van der Waals surface area (Å²) in [6.07, 6.45) is 0.714. The standard InChI is InChI=1S/C12H19NO2S/c1-2-6-16-9-11(14)8-15-12-5-3-4-10(13)7-12/h3-5,7,11,14H,2,6,8-9,13H2,1H3. The van der Waals surface area contributed by atoms with E-state index in [4.69, 9.17) is 10.5 Å². The SMILES string of the molecule is CCCSCC(O)COc1cccc(N)c1. The van der Waals surface area contributed by atoms with E-state index >= 15 is 0 Å². The zero-order valence-electron chi connectivity index (χ0n) is 9.56. The van der Waals surface area contributed by atoms with Gasteiger partial charge in [0.15, 0.2) is 0 Å². The van der Waals surface area contributed by atoms with Gasteiger partial charge in [-0.1, -0.05) is 13.0 Å². The van der Waals surface area contributed by atoms with Crippen molar-refractivity contribution in [2.75, 3.05) is 23.8 Å². The summed E-state index contributed by atoms with van der Waals surface area (Å²) < 4.78 is 5.44. The van der Waals surface area contributed by atoms with Gasteiger partial charge in [-0.25, -0.2) is 0 Å². The smallest absolute Gasteiger partial charge is 0.121 e. The Balaban J connectivity index is 2.23. The maximum Gasteiger partial charge on any atom is 0.121 e. The first-order valence-electron chi connectivity index (χ1n) is 5.46. The molecule has 1 rings (SSSR count). The molecule has 16 heavy (non-hydrogen) atoms. The summed E-state index contributed by atoms with van der Waals surface area (Å²) in [7, 11) is 0. The Labute approximate surface area is 101 Å². The number of thioether (sulfide) groups is 1. The van der Waals surface area contributed by atoms with Crippen molar-refractivity contribution >= 4 is 17.4 Å². The molecule has 3 N–H and O–H groups in total. The van der Waals surface area contributed by atoms with Gasteiger partial charge in [-0.05, 0) is 24.3 Å². The van der Waals surface area contributed by atoms with Crippen molar-refractivity contribution in [3.05, 3.63) is 24.3 Å². The number of rotatable bonds is 7. The van der Waals surface area contributed by atoms with E-state index in [1.165, 1.54) is 0 Å². The molecule has 1 aromatic carbocycles. The molecule has 0 saturated carbocycles. The molecule has 0 aliphatic rings. The van der Waals surface area contributed by atoms with E-state index in [0.717, 1.165) is 17.9 Å². The number of hydrogen-bond acceptors (Lipinski definition) is 4. The van der Waals surface area contributed by atoms with E-state index in [9.17, 15) is 5.11 Å². The van der Waals surface area contributed by atoms with Crippen LogP contribution in [0.4, 0.5) is 5.69 Å². The molecular formula is C12H19NO2S. The molecule has 4 heteroatoms. The monoisotopic (exact) mass is 241 g/mol. The molecule has 0 saturated heterocycles. The van der Waals surface area contributed by atoms with E-state index < -0.39 is 6.10 Å². The van der Waals surface area contributed by atoms with Crippen molar-refractivity contribution in [3.63, 3.8) is 0 Å². The van der Waals surface area contributed by atoms with Crippen LogP contribution >= 0.6 is 11.8 Å². The van der Waals surface area contributed by atoms with Crippen LogP contribution in [0.25, 0.3) is 0 Å². The Morgan fingerprint density at radius 1 is 1.50 bits per heavy atom. The van der Waals surface area contributed by atoms with Crippen LogP contribution in [-0.2, 0) is 0 Å². The third-order valence-corrected chi connectivity index (χ3v) is 3.28. The van der Waals surface area contributed by atoms with Gasteiger partial charge in [-0.2, -0.15) is 11.8 Å². The Morgan fingerprint density at radius 2 is 2.31 bits per heavy atom. The van der Waals surface area contributed by atoms with Gasteiger partial charge in [0.05, 0.1) is 6.10 Å². The third-order valence-electron chi connectivity index (χ3n) is 1.96. The normalized spacial score (nSPS) is 12.4. The van der Waals surface area contributed by atoms with Gasteiger partial charge in [-0.3, -0.25) is 0 Å². The number of aliphatic hydroxyl groups excluding tert-OH is 1. The largest absolute Gasteiger partial charge is 0.491 e. The molecule has 3 nitrogen and oxygen atoms in total. The van der Waals surface area contributed by atoms with Crippen LogP contribution in [0, 0.1) is 0 Å². The Kier molecular flexibility index (Phi) is 6.11. The molecular weight excluding hydrogens is 222 g/mol. The fourth-order valence-electron chi connectivity index (χ4n) is 1.21. The number of anilines is 1. The molecule has 1 aromatic rings. The highest BCUT2D eigenvalue weighted by atomic mass is 32.2. The topological polar surface area (TPSA) is 55.5 Å². The highest BCUT2D eigenvalue weighted by Gasteiger charge is 2.05. The van der Waals surface area contributed by atoms with Crippen molar-refractivity contribution in [1.82, 2.24) is 0 Å². The fraction of sp³-hybridized carbons (Fsp3) is 0.500. The quantitative estimate of drug-likeness (QED) is 0.567. The Hall–Kier alpha value is -0.870. The van der Waals surface area contributed by atoms with Crippen LogP contribution in [0.2, 0.25) is 0 Å². The molecule has 0 radical (unpaired) electrons. The molecule has 0 spiro atoms. The van der Waals surface area contributed by atoms with Gasteiger partial charge < -0.3 is 15.6 Å². The van der Waals surface area contributed by atoms with Crippen molar-refractivity contribution in [2.45, 2.75) is 19.4 Å². The lowest BCUT2D eigenvalue weighted by molar-refractivity contribution is 0.126. The lowest BCUT2D eigenvalue weighted by Crippen LogP contribution is -2.20. The van der Waals surface area contributed by atoms with Gasteiger partial charge in [0.2, 0.25) is 0 Å². The number of nitrogen functional groups attached to an aromatic ring is 1. The van der Waals surface area contributed by atoms with Crippen molar-refractivity contribution in [1.29, 1.82) is 0 Å². The second-order valence-electron chi connectivity index (χ2n) is 3.61. The molecule has 1 atom stereocenters. The van der Waals surface area contributed by atoms with Gasteiger partial charge in [0.1, 0.15) is 12.4 Å². The maximum atomic E-state index is 9.63. The number of aliphatic hydroxyl groups is 1. The minimum atomic E-state index is -0.419. The maximum absolute atomic E-state index is 9.63. The molecule has 0 aliphatic heterocycles. The van der Waals surface area contributed by atoms with E-state index in [2.05, 4.69) is 6.92 Å². The summed E-state index contributed by atoms with van der Waals surface area (Å²) >= 11 is 1.74. The van der Waals surface area contributed by atoms with Gasteiger partial charge in [-0.15, -0.1) is 0 Å². The second-order valence-corrected chi connectivity index (χ2v) is 4.76. The molecule has 0 bridgehead atoms. The predicted octanol–water partition coefficient (Wildman–Crippen LogP) is 2.15. The zero-order valence-corrected chi connectivity index (χ0v) is 10.4. The van der Waals surface area contributed by atoms with Gasteiger partial charge in [0.25, 0.3) is 0 Å². The van der Waals surface area contributed by atoms with Crippen LogP contribution in [0.15, 0.2) is 24.3 Å². The van der Waals surface area contributed by atoms with E-state index in [1.54, 1.807) is 23.9 Å². The molecule has 0 amide bonds. The first kappa shape index (κ1) is 13.2. The van der Waals surface area contributed by atoms with Gasteiger partial charge in [0, 0.05) is 17.5 Å². The van der Waals surface area contributed by atoms with Crippen LogP contribution in [-0.4, -0.2) is 29.3 Å². The summed E-state index contributed by atoms with van der Waals surface area (Å²) in [5.74, 6) is 2.51. The zero-order chi connectivity index (χ0) is 11.8. The summed E-state index contributed by atoms with van der Waals surface area (Å²) in [6.45, 7) is 2.45. The van der Waals surface area contributed by atoms with E-state index in [1.807, 2.05) is 12.1 Å². The number of hydrogen-bond donors (Lipinski definition) is 2. The lowest BCUT2D eigenvalue weighted by Gasteiger charge is -2.12. The molecule has 90 valence electrons. The van der Waals surface area contributed by atoms with Crippen molar-refractivity contribution < 1.29 is 9.84 Å². The highest BCUT2D eigenvalue weighted by molar-refractivity contribution is 7.99. The summed E-state index contributed by atoms with van der Waals surface area (Å²) in [5.41, 5.74) is 6.29. The Bertz CT molecular complexity index is 307. The molecule has 0 fully saturated rings. The van der Waals surface area contributed by atoms with Gasteiger partial charge >= 0.3 is 0 Å². The fourth-order valence-corrected chi connectivity index (χ4v) is 2.03. The summed E-state index contributed by atoms with van der Waals surface area (Å²) in [5, 5.41) is 9.63. The van der Waals surface area contributed by atoms with E-state index in [-0.39, 0.29) is 0 Å². The van der Waals surface area contributed by atoms with Crippen LogP contribution in [0.1, 0.15) is 13.3 Å². The lowest BCUT2D eigenvalue weighted by atomic mass is 10.3. The molecule has 0 aromatic heterocycles. The first-order chi connectivity index (χ1) is 7.72. The number of ether oxygens (including phenoxy) is 1. The average molecular weight is 241 g/mol. The second kappa shape index (κ2) is 7.41. The third kappa shape index (κ3) is 5.28. The molecule has 1 unspecified atom stereocenters.